The molecule has 0 rings (SSSR count). The van der Waals surface area contributed by atoms with Gasteiger partial charge >= 0.3 is 0 Å². The Morgan fingerprint density at radius 2 is 1.00 bits per heavy atom. The van der Waals surface area contributed by atoms with Gasteiger partial charge in [0.1, 0.15) is 0 Å². The molecule has 13 heavy (non-hydrogen) atoms. The number of hydrogen-bond donors (Lipinski definition) is 0. The number of hydrogen-bond acceptors (Lipinski definition) is 1. The highest BCUT2D eigenvalue weighted by Gasteiger charge is 1.90. The molecule has 0 unspecified atom stereocenters. The fourth-order valence-corrected chi connectivity index (χ4v) is 1.59. The second kappa shape index (κ2) is 12.0. The highest BCUT2D eigenvalue weighted by Crippen LogP contribution is 2.09. The highest BCUT2D eigenvalue weighted by molar-refractivity contribution is 4.46. The third kappa shape index (κ3) is 12.0. The van der Waals surface area contributed by atoms with Gasteiger partial charge in [-0.05, 0) is 0 Å². The first-order valence-corrected chi connectivity index (χ1v) is 6.00. The van der Waals surface area contributed by atoms with Crippen molar-refractivity contribution in [2.24, 2.45) is 0 Å². The van der Waals surface area contributed by atoms with Gasteiger partial charge in [-0.15, -0.1) is 6.61 Å². The SMILES string of the molecule is CCCCCCCCCCCC[O-]. The van der Waals surface area contributed by atoms with E-state index in [-0.39, 0.29) is 6.61 Å². The zero-order valence-corrected chi connectivity index (χ0v) is 9.19. The summed E-state index contributed by atoms with van der Waals surface area (Å²) in [6.07, 6.45) is 13.0. The molecule has 1 nitrogen and oxygen atoms in total. The van der Waals surface area contributed by atoms with Crippen LogP contribution in [-0.4, -0.2) is 6.61 Å². The first-order chi connectivity index (χ1) is 6.41. The Morgan fingerprint density at radius 3 is 1.38 bits per heavy atom. The lowest BCUT2D eigenvalue weighted by Crippen LogP contribution is -2.04. The molecule has 0 bridgehead atoms. The largest absolute Gasteiger partial charge is 0.854 e. The Kier molecular flexibility index (Phi) is 11.9. The molecule has 0 aliphatic heterocycles. The molecular formula is C12H25O-. The summed E-state index contributed by atoms with van der Waals surface area (Å²) in [4.78, 5) is 0. The number of rotatable bonds is 10. The third-order valence-electron chi connectivity index (χ3n) is 2.50. The summed E-state index contributed by atoms with van der Waals surface area (Å²) in [5, 5.41) is 10.1. The molecule has 0 aliphatic rings. The van der Waals surface area contributed by atoms with Crippen LogP contribution in [0.1, 0.15) is 71.1 Å². The maximum absolute atomic E-state index is 10.1. The van der Waals surface area contributed by atoms with Crippen molar-refractivity contribution in [2.45, 2.75) is 71.1 Å². The summed E-state index contributed by atoms with van der Waals surface area (Å²) in [6.45, 7) is 2.37. The van der Waals surface area contributed by atoms with Crippen molar-refractivity contribution in [2.75, 3.05) is 6.61 Å². The van der Waals surface area contributed by atoms with Gasteiger partial charge in [0.25, 0.3) is 0 Å². The zero-order valence-electron chi connectivity index (χ0n) is 9.19. The minimum atomic E-state index is 0.122. The van der Waals surface area contributed by atoms with Crippen LogP contribution < -0.4 is 5.11 Å². The van der Waals surface area contributed by atoms with Crippen LogP contribution in [0.15, 0.2) is 0 Å². The van der Waals surface area contributed by atoms with Crippen LogP contribution >= 0.6 is 0 Å². The van der Waals surface area contributed by atoms with E-state index in [1.165, 1.54) is 51.4 Å². The molecule has 0 fully saturated rings. The van der Waals surface area contributed by atoms with Gasteiger partial charge in [-0.3, -0.25) is 0 Å². The van der Waals surface area contributed by atoms with E-state index in [0.29, 0.717) is 0 Å². The fraction of sp³-hybridized carbons (Fsp3) is 1.00. The first-order valence-electron chi connectivity index (χ1n) is 6.00. The van der Waals surface area contributed by atoms with Crippen LogP contribution in [-0.2, 0) is 0 Å². The van der Waals surface area contributed by atoms with E-state index in [0.717, 1.165) is 12.8 Å². The van der Waals surface area contributed by atoms with E-state index in [4.69, 9.17) is 0 Å². The lowest BCUT2D eigenvalue weighted by atomic mass is 10.1. The summed E-state index contributed by atoms with van der Waals surface area (Å²) in [7, 11) is 0. The average molecular weight is 185 g/mol. The standard InChI is InChI=1S/C12H25O/c1-2-3-4-5-6-7-8-9-10-11-12-13/h2-12H2,1H3/q-1. The van der Waals surface area contributed by atoms with Gasteiger partial charge < -0.3 is 5.11 Å². The van der Waals surface area contributed by atoms with Gasteiger partial charge in [-0.25, -0.2) is 0 Å². The summed E-state index contributed by atoms with van der Waals surface area (Å²) in [5.41, 5.74) is 0. The van der Waals surface area contributed by atoms with E-state index < -0.39 is 0 Å². The van der Waals surface area contributed by atoms with Crippen molar-refractivity contribution in [1.82, 2.24) is 0 Å². The molecule has 0 aromatic heterocycles. The number of unbranched alkanes of at least 4 members (excludes halogenated alkanes) is 9. The average Bonchev–Trinajstić information content (AvgIpc) is 2.16. The van der Waals surface area contributed by atoms with Crippen LogP contribution in [0, 0.1) is 0 Å². The molecule has 0 aromatic carbocycles. The van der Waals surface area contributed by atoms with Crippen molar-refractivity contribution in [3.8, 4) is 0 Å². The summed E-state index contributed by atoms with van der Waals surface area (Å²) >= 11 is 0. The van der Waals surface area contributed by atoms with Crippen LogP contribution in [0.2, 0.25) is 0 Å². The Labute approximate surface area is 83.5 Å². The Morgan fingerprint density at radius 1 is 0.615 bits per heavy atom. The molecule has 0 aliphatic carbocycles. The molecule has 0 saturated carbocycles. The van der Waals surface area contributed by atoms with Gasteiger partial charge in [-0.1, -0.05) is 71.1 Å². The smallest absolute Gasteiger partial charge is 0.0533 e. The summed E-state index contributed by atoms with van der Waals surface area (Å²) < 4.78 is 0. The monoisotopic (exact) mass is 185 g/mol. The molecule has 0 atom stereocenters. The lowest BCUT2D eigenvalue weighted by Gasteiger charge is -2.03. The second-order valence-electron chi connectivity index (χ2n) is 3.89. The van der Waals surface area contributed by atoms with Crippen molar-refractivity contribution in [3.05, 3.63) is 0 Å². The maximum atomic E-state index is 10.1. The van der Waals surface area contributed by atoms with Crippen molar-refractivity contribution in [1.29, 1.82) is 0 Å². The van der Waals surface area contributed by atoms with Crippen LogP contribution in [0.4, 0.5) is 0 Å². The van der Waals surface area contributed by atoms with E-state index in [2.05, 4.69) is 6.92 Å². The van der Waals surface area contributed by atoms with Crippen LogP contribution in [0.5, 0.6) is 0 Å². The third-order valence-corrected chi connectivity index (χ3v) is 2.50. The molecule has 0 N–H and O–H groups in total. The van der Waals surface area contributed by atoms with Crippen molar-refractivity contribution in [3.63, 3.8) is 0 Å². The predicted octanol–water partition coefficient (Wildman–Crippen LogP) is 3.27. The minimum absolute atomic E-state index is 0.122. The van der Waals surface area contributed by atoms with Gasteiger partial charge in [0, 0.05) is 0 Å². The molecule has 0 aromatic rings. The van der Waals surface area contributed by atoms with Gasteiger partial charge in [-0.2, -0.15) is 0 Å². The summed E-state index contributed by atoms with van der Waals surface area (Å²) in [6, 6.07) is 0. The van der Waals surface area contributed by atoms with Crippen LogP contribution in [0.3, 0.4) is 0 Å². The van der Waals surface area contributed by atoms with E-state index in [1.807, 2.05) is 0 Å². The normalized spacial score (nSPS) is 10.6. The predicted molar refractivity (Wildman–Crippen MR) is 56.7 cm³/mol. The van der Waals surface area contributed by atoms with Crippen molar-refractivity contribution < 1.29 is 5.11 Å². The van der Waals surface area contributed by atoms with Crippen molar-refractivity contribution >= 4 is 0 Å². The first kappa shape index (κ1) is 13.0. The molecule has 0 amide bonds. The molecule has 80 valence electrons. The summed E-state index contributed by atoms with van der Waals surface area (Å²) in [5.74, 6) is 0. The molecule has 1 heteroatoms. The van der Waals surface area contributed by atoms with E-state index in [9.17, 15) is 5.11 Å². The lowest BCUT2D eigenvalue weighted by molar-refractivity contribution is -0.368. The highest BCUT2D eigenvalue weighted by atomic mass is 16.2. The Balaban J connectivity index is 2.76. The quantitative estimate of drug-likeness (QED) is 0.479. The van der Waals surface area contributed by atoms with Crippen LogP contribution in [0.25, 0.3) is 0 Å². The fourth-order valence-electron chi connectivity index (χ4n) is 1.59. The zero-order chi connectivity index (χ0) is 9.78. The minimum Gasteiger partial charge on any atom is -0.854 e. The molecule has 0 heterocycles. The molecule has 0 saturated heterocycles. The van der Waals surface area contributed by atoms with Gasteiger partial charge in [0.05, 0.1) is 0 Å². The van der Waals surface area contributed by atoms with E-state index >= 15 is 0 Å². The van der Waals surface area contributed by atoms with E-state index in [1.54, 1.807) is 0 Å². The second-order valence-corrected chi connectivity index (χ2v) is 3.89. The maximum Gasteiger partial charge on any atom is -0.0533 e. The molecule has 0 spiro atoms. The van der Waals surface area contributed by atoms with Gasteiger partial charge in [0.2, 0.25) is 0 Å². The Hall–Kier alpha value is -0.0400. The van der Waals surface area contributed by atoms with Gasteiger partial charge in [0.15, 0.2) is 0 Å². The topological polar surface area (TPSA) is 23.1 Å². The molecular weight excluding hydrogens is 160 g/mol. The molecule has 0 radical (unpaired) electrons. The Bertz CT molecular complexity index is 71.2.